The van der Waals surface area contributed by atoms with E-state index in [1.807, 2.05) is 30.3 Å². The number of methoxy groups -OCH3 is 1. The predicted molar refractivity (Wildman–Crippen MR) is 135 cm³/mol. The standard InChI is InChI=1S/C27H31FN2O2.ClH/c1-31-26-7-4-5-22(21-26)9-10-23-6-2-3-8-27(23)32-20-19-29-15-17-30(18-16-29)25-13-11-24(28)12-14-25;/h2-8,11-14,21H,9-10,15-20H2,1H3;1H. The summed E-state index contributed by atoms with van der Waals surface area (Å²) < 4.78 is 24.7. The lowest BCUT2D eigenvalue weighted by atomic mass is 10.0. The molecule has 1 heterocycles. The Morgan fingerprint density at radius 1 is 0.848 bits per heavy atom. The van der Waals surface area contributed by atoms with E-state index < -0.39 is 0 Å². The fourth-order valence-electron chi connectivity index (χ4n) is 4.12. The monoisotopic (exact) mass is 470 g/mol. The number of rotatable bonds is 9. The van der Waals surface area contributed by atoms with Crippen LogP contribution in [0.1, 0.15) is 11.1 Å². The number of nitrogens with zero attached hydrogens (tertiary/aromatic N) is 2. The molecule has 0 saturated carbocycles. The molecular formula is C27H32ClFN2O2. The zero-order valence-corrected chi connectivity index (χ0v) is 19.9. The number of halogens is 2. The van der Waals surface area contributed by atoms with Gasteiger partial charge < -0.3 is 14.4 Å². The van der Waals surface area contributed by atoms with Crippen LogP contribution in [-0.2, 0) is 12.8 Å². The minimum Gasteiger partial charge on any atom is -0.497 e. The van der Waals surface area contributed by atoms with E-state index in [-0.39, 0.29) is 18.2 Å². The van der Waals surface area contributed by atoms with Gasteiger partial charge in [0.05, 0.1) is 7.11 Å². The third-order valence-electron chi connectivity index (χ3n) is 6.02. The summed E-state index contributed by atoms with van der Waals surface area (Å²) in [6.45, 7) is 5.44. The maximum atomic E-state index is 13.1. The minimum atomic E-state index is -0.187. The van der Waals surface area contributed by atoms with E-state index in [1.165, 1.54) is 23.3 Å². The Morgan fingerprint density at radius 2 is 1.61 bits per heavy atom. The number of hydrogen-bond acceptors (Lipinski definition) is 4. The van der Waals surface area contributed by atoms with E-state index in [4.69, 9.17) is 9.47 Å². The van der Waals surface area contributed by atoms with Crippen molar-refractivity contribution in [2.24, 2.45) is 0 Å². The smallest absolute Gasteiger partial charge is 0.123 e. The van der Waals surface area contributed by atoms with Gasteiger partial charge in [-0.25, -0.2) is 4.39 Å². The molecule has 0 radical (unpaired) electrons. The Labute approximate surface area is 202 Å². The molecule has 1 aliphatic heterocycles. The van der Waals surface area contributed by atoms with Crippen molar-refractivity contribution in [1.29, 1.82) is 0 Å². The lowest BCUT2D eigenvalue weighted by Gasteiger charge is -2.36. The number of aryl methyl sites for hydroxylation is 2. The highest BCUT2D eigenvalue weighted by molar-refractivity contribution is 5.85. The maximum absolute atomic E-state index is 13.1. The molecule has 0 unspecified atom stereocenters. The summed E-state index contributed by atoms with van der Waals surface area (Å²) in [5.41, 5.74) is 3.59. The van der Waals surface area contributed by atoms with E-state index in [0.717, 1.165) is 62.8 Å². The van der Waals surface area contributed by atoms with Crippen LogP contribution in [0.5, 0.6) is 11.5 Å². The first kappa shape index (κ1) is 24.9. The Balaban J connectivity index is 0.00000306. The van der Waals surface area contributed by atoms with Gasteiger partial charge in [-0.1, -0.05) is 30.3 Å². The van der Waals surface area contributed by atoms with Crippen molar-refractivity contribution in [2.45, 2.75) is 12.8 Å². The number of ether oxygens (including phenoxy) is 2. The zero-order chi connectivity index (χ0) is 22.2. The van der Waals surface area contributed by atoms with Crippen molar-refractivity contribution in [3.63, 3.8) is 0 Å². The quantitative estimate of drug-likeness (QED) is 0.427. The van der Waals surface area contributed by atoms with Gasteiger partial charge in [0.1, 0.15) is 23.9 Å². The molecule has 0 amide bonds. The molecule has 0 spiro atoms. The Bertz CT molecular complexity index is 991. The van der Waals surface area contributed by atoms with Crippen molar-refractivity contribution in [1.82, 2.24) is 4.90 Å². The molecule has 1 aliphatic rings. The van der Waals surface area contributed by atoms with Crippen molar-refractivity contribution in [3.05, 3.63) is 89.7 Å². The van der Waals surface area contributed by atoms with E-state index in [9.17, 15) is 4.39 Å². The molecule has 1 saturated heterocycles. The van der Waals surface area contributed by atoms with Crippen LogP contribution in [0.2, 0.25) is 0 Å². The Kier molecular flexibility index (Phi) is 9.40. The van der Waals surface area contributed by atoms with Gasteiger partial charge in [0.15, 0.2) is 0 Å². The van der Waals surface area contributed by atoms with Crippen LogP contribution >= 0.6 is 12.4 Å². The molecule has 3 aromatic rings. The van der Waals surface area contributed by atoms with Crippen LogP contribution in [0.3, 0.4) is 0 Å². The van der Waals surface area contributed by atoms with Crippen molar-refractivity contribution < 1.29 is 13.9 Å². The van der Waals surface area contributed by atoms with Crippen LogP contribution in [0.25, 0.3) is 0 Å². The van der Waals surface area contributed by atoms with Crippen LogP contribution < -0.4 is 14.4 Å². The SMILES string of the molecule is COc1cccc(CCc2ccccc2OCCN2CCN(c3ccc(F)cc3)CC2)c1.Cl. The van der Waals surface area contributed by atoms with E-state index in [0.29, 0.717) is 6.61 Å². The third-order valence-corrected chi connectivity index (χ3v) is 6.02. The van der Waals surface area contributed by atoms with Gasteiger partial charge in [-0.15, -0.1) is 12.4 Å². The average molecular weight is 471 g/mol. The van der Waals surface area contributed by atoms with Gasteiger partial charge in [0, 0.05) is 38.4 Å². The summed E-state index contributed by atoms with van der Waals surface area (Å²) in [7, 11) is 1.70. The number of piperazine rings is 1. The van der Waals surface area contributed by atoms with Gasteiger partial charge >= 0.3 is 0 Å². The number of para-hydroxylation sites is 1. The zero-order valence-electron chi connectivity index (χ0n) is 19.1. The lowest BCUT2D eigenvalue weighted by molar-refractivity contribution is 0.200. The molecule has 0 atom stereocenters. The molecule has 0 N–H and O–H groups in total. The molecular weight excluding hydrogens is 439 g/mol. The minimum absolute atomic E-state index is 0. The summed E-state index contributed by atoms with van der Waals surface area (Å²) in [6, 6.07) is 23.3. The van der Waals surface area contributed by atoms with E-state index in [2.05, 4.69) is 40.1 Å². The highest BCUT2D eigenvalue weighted by Gasteiger charge is 2.17. The third kappa shape index (κ3) is 7.11. The largest absolute Gasteiger partial charge is 0.497 e. The Morgan fingerprint density at radius 3 is 2.36 bits per heavy atom. The van der Waals surface area contributed by atoms with Crippen molar-refractivity contribution >= 4 is 18.1 Å². The molecule has 4 nitrogen and oxygen atoms in total. The highest BCUT2D eigenvalue weighted by Crippen LogP contribution is 2.22. The average Bonchev–Trinajstić information content (AvgIpc) is 2.84. The van der Waals surface area contributed by atoms with Gasteiger partial charge in [0.25, 0.3) is 0 Å². The Hall–Kier alpha value is -2.76. The van der Waals surface area contributed by atoms with Crippen LogP contribution in [0, 0.1) is 5.82 Å². The molecule has 0 bridgehead atoms. The van der Waals surface area contributed by atoms with Crippen molar-refractivity contribution in [2.75, 3.05) is 51.3 Å². The molecule has 4 rings (SSSR count). The van der Waals surface area contributed by atoms with Gasteiger partial charge in [0.2, 0.25) is 0 Å². The summed E-state index contributed by atoms with van der Waals surface area (Å²) in [6.07, 6.45) is 1.88. The molecule has 176 valence electrons. The van der Waals surface area contributed by atoms with Gasteiger partial charge in [-0.2, -0.15) is 0 Å². The number of hydrogen-bond donors (Lipinski definition) is 0. The second kappa shape index (κ2) is 12.5. The molecule has 0 aromatic heterocycles. The van der Waals surface area contributed by atoms with Crippen molar-refractivity contribution in [3.8, 4) is 11.5 Å². The number of anilines is 1. The summed E-state index contributed by atoms with van der Waals surface area (Å²) in [5.74, 6) is 1.68. The molecule has 6 heteroatoms. The molecule has 0 aliphatic carbocycles. The van der Waals surface area contributed by atoms with E-state index in [1.54, 1.807) is 7.11 Å². The molecule has 1 fully saturated rings. The first-order chi connectivity index (χ1) is 15.7. The van der Waals surface area contributed by atoms with E-state index >= 15 is 0 Å². The van der Waals surface area contributed by atoms with Crippen LogP contribution in [0.4, 0.5) is 10.1 Å². The fraction of sp³-hybridized carbons (Fsp3) is 0.333. The maximum Gasteiger partial charge on any atom is 0.123 e. The van der Waals surface area contributed by atoms with Crippen LogP contribution in [-0.4, -0.2) is 51.3 Å². The fourth-order valence-corrected chi connectivity index (χ4v) is 4.12. The summed E-state index contributed by atoms with van der Waals surface area (Å²) >= 11 is 0. The summed E-state index contributed by atoms with van der Waals surface area (Å²) in [5, 5.41) is 0. The number of benzene rings is 3. The van der Waals surface area contributed by atoms with Gasteiger partial charge in [-0.05, 0) is 66.4 Å². The van der Waals surface area contributed by atoms with Crippen LogP contribution in [0.15, 0.2) is 72.8 Å². The highest BCUT2D eigenvalue weighted by atomic mass is 35.5. The van der Waals surface area contributed by atoms with Gasteiger partial charge in [-0.3, -0.25) is 4.90 Å². The summed E-state index contributed by atoms with van der Waals surface area (Å²) in [4.78, 5) is 4.74. The second-order valence-electron chi connectivity index (χ2n) is 8.11. The first-order valence-corrected chi connectivity index (χ1v) is 11.3. The topological polar surface area (TPSA) is 24.9 Å². The predicted octanol–water partition coefficient (Wildman–Crippen LogP) is 5.24. The second-order valence-corrected chi connectivity index (χ2v) is 8.11. The first-order valence-electron chi connectivity index (χ1n) is 11.3. The normalized spacial score (nSPS) is 13.9. The molecule has 3 aromatic carbocycles. The molecule has 33 heavy (non-hydrogen) atoms. The lowest BCUT2D eigenvalue weighted by Crippen LogP contribution is -2.47.